The van der Waals surface area contributed by atoms with E-state index in [-0.39, 0.29) is 5.91 Å². The van der Waals surface area contributed by atoms with E-state index in [1.807, 2.05) is 43.0 Å². The van der Waals surface area contributed by atoms with Gasteiger partial charge in [-0.05, 0) is 61.7 Å². The molecular formula is C23H30N2O3. The maximum atomic E-state index is 13.0. The van der Waals surface area contributed by atoms with Crippen molar-refractivity contribution in [2.24, 2.45) is 0 Å². The van der Waals surface area contributed by atoms with Crippen LogP contribution in [0.3, 0.4) is 0 Å². The van der Waals surface area contributed by atoms with Gasteiger partial charge in [0.1, 0.15) is 11.5 Å². The third-order valence-electron chi connectivity index (χ3n) is 5.50. The number of methoxy groups -OCH3 is 1. The molecule has 2 aromatic carbocycles. The third-order valence-corrected chi connectivity index (χ3v) is 5.50. The fourth-order valence-corrected chi connectivity index (χ4v) is 3.50. The topological polar surface area (TPSA) is 42.0 Å². The van der Waals surface area contributed by atoms with E-state index in [0.29, 0.717) is 19.5 Å². The van der Waals surface area contributed by atoms with Gasteiger partial charge in [-0.2, -0.15) is 0 Å². The molecule has 1 saturated heterocycles. The van der Waals surface area contributed by atoms with Crippen LogP contribution >= 0.6 is 0 Å². The van der Waals surface area contributed by atoms with Crippen molar-refractivity contribution in [1.29, 1.82) is 0 Å². The van der Waals surface area contributed by atoms with Gasteiger partial charge in [-0.15, -0.1) is 0 Å². The molecule has 1 amide bonds. The predicted octanol–water partition coefficient (Wildman–Crippen LogP) is 3.82. The van der Waals surface area contributed by atoms with E-state index in [4.69, 9.17) is 9.47 Å². The number of benzene rings is 2. The number of piperazine rings is 1. The van der Waals surface area contributed by atoms with Gasteiger partial charge in [0.05, 0.1) is 7.11 Å². The molecule has 0 spiro atoms. The molecule has 2 aromatic rings. The molecule has 0 unspecified atom stereocenters. The largest absolute Gasteiger partial charge is 0.497 e. The summed E-state index contributed by atoms with van der Waals surface area (Å²) in [5.41, 5.74) is 3.43. The summed E-state index contributed by atoms with van der Waals surface area (Å²) in [6.45, 7) is 9.14. The maximum absolute atomic E-state index is 13.0. The molecule has 5 heteroatoms. The van der Waals surface area contributed by atoms with E-state index in [9.17, 15) is 4.79 Å². The zero-order valence-corrected chi connectivity index (χ0v) is 17.3. The second kappa shape index (κ2) is 9.00. The molecule has 28 heavy (non-hydrogen) atoms. The zero-order valence-electron chi connectivity index (χ0n) is 17.3. The smallest absolute Gasteiger partial charge is 0.263 e. The molecular weight excluding hydrogens is 352 g/mol. The van der Waals surface area contributed by atoms with Crippen LogP contribution in [-0.4, -0.2) is 50.2 Å². The average molecular weight is 383 g/mol. The van der Waals surface area contributed by atoms with Crippen LogP contribution in [0.15, 0.2) is 42.5 Å². The second-order valence-corrected chi connectivity index (χ2v) is 7.22. The van der Waals surface area contributed by atoms with E-state index in [0.717, 1.165) is 35.8 Å². The summed E-state index contributed by atoms with van der Waals surface area (Å²) in [6.07, 6.45) is 0.221. The lowest BCUT2D eigenvalue weighted by molar-refractivity contribution is -0.139. The molecule has 1 atom stereocenters. The number of amides is 1. The number of hydrogen-bond acceptors (Lipinski definition) is 4. The van der Waals surface area contributed by atoms with E-state index in [1.165, 1.54) is 5.56 Å². The van der Waals surface area contributed by atoms with Gasteiger partial charge >= 0.3 is 0 Å². The first kappa shape index (κ1) is 20.1. The standard InChI is InChI=1S/C23H30N2O3/c1-5-21(28-22-8-6-7-17(2)18(22)3)23(26)25-15-13-24(14-16-25)19-9-11-20(27-4)12-10-19/h6-12,21H,5,13-16H2,1-4H3/t21-/m0/s1. The fraction of sp³-hybridized carbons (Fsp3) is 0.435. The maximum Gasteiger partial charge on any atom is 0.263 e. The van der Waals surface area contributed by atoms with Crippen molar-refractivity contribution in [2.45, 2.75) is 33.3 Å². The number of carbonyl (C=O) groups is 1. The van der Waals surface area contributed by atoms with Crippen LogP contribution < -0.4 is 14.4 Å². The summed E-state index contributed by atoms with van der Waals surface area (Å²) in [5.74, 6) is 1.74. The van der Waals surface area contributed by atoms with Gasteiger partial charge in [0, 0.05) is 31.9 Å². The molecule has 0 N–H and O–H groups in total. The van der Waals surface area contributed by atoms with Crippen LogP contribution in [0.5, 0.6) is 11.5 Å². The Morgan fingerprint density at radius 3 is 2.32 bits per heavy atom. The van der Waals surface area contributed by atoms with Crippen molar-refractivity contribution in [2.75, 3.05) is 38.2 Å². The molecule has 1 fully saturated rings. The van der Waals surface area contributed by atoms with Gasteiger partial charge in [-0.3, -0.25) is 4.79 Å². The normalized spacial score (nSPS) is 15.3. The van der Waals surface area contributed by atoms with E-state index >= 15 is 0 Å². The summed E-state index contributed by atoms with van der Waals surface area (Å²) < 4.78 is 11.3. The van der Waals surface area contributed by atoms with Gasteiger partial charge in [0.25, 0.3) is 5.91 Å². The van der Waals surface area contributed by atoms with Crippen molar-refractivity contribution >= 4 is 11.6 Å². The molecule has 0 bridgehead atoms. The molecule has 150 valence electrons. The van der Waals surface area contributed by atoms with Gasteiger partial charge in [0.2, 0.25) is 0 Å². The summed E-state index contributed by atoms with van der Waals surface area (Å²) >= 11 is 0. The van der Waals surface area contributed by atoms with Crippen molar-refractivity contribution in [3.05, 3.63) is 53.6 Å². The molecule has 1 heterocycles. The lowest BCUT2D eigenvalue weighted by Gasteiger charge is -2.37. The van der Waals surface area contributed by atoms with Crippen LogP contribution in [-0.2, 0) is 4.79 Å². The Morgan fingerprint density at radius 1 is 1.04 bits per heavy atom. The molecule has 0 radical (unpaired) electrons. The van der Waals surface area contributed by atoms with E-state index in [2.05, 4.69) is 30.0 Å². The Balaban J connectivity index is 1.60. The van der Waals surface area contributed by atoms with Crippen molar-refractivity contribution in [3.8, 4) is 11.5 Å². The first-order chi connectivity index (χ1) is 13.5. The number of hydrogen-bond donors (Lipinski definition) is 0. The highest BCUT2D eigenvalue weighted by atomic mass is 16.5. The van der Waals surface area contributed by atoms with Crippen LogP contribution in [0.1, 0.15) is 24.5 Å². The molecule has 1 aliphatic heterocycles. The van der Waals surface area contributed by atoms with Crippen molar-refractivity contribution < 1.29 is 14.3 Å². The van der Waals surface area contributed by atoms with E-state index in [1.54, 1.807) is 7.11 Å². The third kappa shape index (κ3) is 4.41. The molecule has 0 aliphatic carbocycles. The van der Waals surface area contributed by atoms with Crippen molar-refractivity contribution in [3.63, 3.8) is 0 Å². The average Bonchev–Trinajstić information content (AvgIpc) is 2.74. The first-order valence-corrected chi connectivity index (χ1v) is 9.94. The Kier molecular flexibility index (Phi) is 6.45. The number of carbonyl (C=O) groups excluding carboxylic acids is 1. The lowest BCUT2D eigenvalue weighted by atomic mass is 10.1. The Hall–Kier alpha value is -2.69. The van der Waals surface area contributed by atoms with Gasteiger partial charge in [0.15, 0.2) is 6.10 Å². The minimum atomic E-state index is -0.437. The minimum absolute atomic E-state index is 0.0813. The van der Waals surface area contributed by atoms with Gasteiger partial charge < -0.3 is 19.3 Å². The number of rotatable bonds is 6. The molecule has 3 rings (SSSR count). The SMILES string of the molecule is CC[C@H](Oc1cccc(C)c1C)C(=O)N1CCN(c2ccc(OC)cc2)CC1. The molecule has 0 saturated carbocycles. The van der Waals surface area contributed by atoms with Crippen LogP contribution in [0.25, 0.3) is 0 Å². The summed E-state index contributed by atoms with van der Waals surface area (Å²) in [5, 5.41) is 0. The Morgan fingerprint density at radius 2 is 1.71 bits per heavy atom. The lowest BCUT2D eigenvalue weighted by Crippen LogP contribution is -2.52. The minimum Gasteiger partial charge on any atom is -0.497 e. The predicted molar refractivity (Wildman–Crippen MR) is 112 cm³/mol. The van der Waals surface area contributed by atoms with Gasteiger partial charge in [-0.1, -0.05) is 19.1 Å². The molecule has 0 aromatic heterocycles. The first-order valence-electron chi connectivity index (χ1n) is 9.94. The number of anilines is 1. The fourth-order valence-electron chi connectivity index (χ4n) is 3.50. The monoisotopic (exact) mass is 382 g/mol. The van der Waals surface area contributed by atoms with Crippen LogP contribution in [0, 0.1) is 13.8 Å². The highest BCUT2D eigenvalue weighted by Gasteiger charge is 2.28. The summed E-state index contributed by atoms with van der Waals surface area (Å²) in [4.78, 5) is 17.3. The van der Waals surface area contributed by atoms with Crippen LogP contribution in [0.2, 0.25) is 0 Å². The Bertz CT molecular complexity index is 796. The van der Waals surface area contributed by atoms with Crippen molar-refractivity contribution in [1.82, 2.24) is 4.90 Å². The van der Waals surface area contributed by atoms with Gasteiger partial charge in [-0.25, -0.2) is 0 Å². The Labute approximate surface area is 167 Å². The molecule has 1 aliphatic rings. The highest BCUT2D eigenvalue weighted by molar-refractivity contribution is 5.81. The van der Waals surface area contributed by atoms with Crippen LogP contribution in [0.4, 0.5) is 5.69 Å². The summed E-state index contributed by atoms with van der Waals surface area (Å²) in [7, 11) is 1.67. The zero-order chi connectivity index (χ0) is 20.1. The van der Waals surface area contributed by atoms with E-state index < -0.39 is 6.10 Å². The number of aryl methyl sites for hydroxylation is 1. The quantitative estimate of drug-likeness (QED) is 0.762. The number of ether oxygens (including phenoxy) is 2. The highest BCUT2D eigenvalue weighted by Crippen LogP contribution is 2.24. The number of nitrogens with zero attached hydrogens (tertiary/aromatic N) is 2. The molecule has 5 nitrogen and oxygen atoms in total. The summed E-state index contributed by atoms with van der Waals surface area (Å²) in [6, 6.07) is 14.0. The second-order valence-electron chi connectivity index (χ2n) is 7.22.